The molecular weight excluding hydrogens is 881 g/mol. The molecule has 0 bridgehead atoms. The summed E-state index contributed by atoms with van der Waals surface area (Å²) in [4.78, 5) is 43.2. The second-order valence-corrected chi connectivity index (χ2v) is 22.1. The van der Waals surface area contributed by atoms with E-state index in [-0.39, 0.29) is 24.5 Å². The highest BCUT2D eigenvalue weighted by Crippen LogP contribution is 2.22. The first-order valence-electron chi connectivity index (χ1n) is 31.8. The summed E-state index contributed by atoms with van der Waals surface area (Å²) >= 11 is 0. The summed E-state index contributed by atoms with van der Waals surface area (Å²) in [6.07, 6.45) is 52.4. The Morgan fingerprint density at radius 1 is 0.338 bits per heavy atom. The van der Waals surface area contributed by atoms with Crippen LogP contribution in [-0.4, -0.2) is 85.3 Å². The molecule has 1 amide bonds. The molecule has 0 saturated heterocycles. The van der Waals surface area contributed by atoms with E-state index in [1.807, 2.05) is 4.90 Å². The summed E-state index contributed by atoms with van der Waals surface area (Å²) in [6, 6.07) is 0. The summed E-state index contributed by atoms with van der Waals surface area (Å²) in [7, 11) is 0. The van der Waals surface area contributed by atoms with Gasteiger partial charge < -0.3 is 24.4 Å². The van der Waals surface area contributed by atoms with Crippen LogP contribution in [0.2, 0.25) is 0 Å². The van der Waals surface area contributed by atoms with Crippen LogP contribution in [0.25, 0.3) is 0 Å². The number of hydrogen-bond acceptors (Lipinski definition) is 7. The van der Waals surface area contributed by atoms with E-state index < -0.39 is 0 Å². The van der Waals surface area contributed by atoms with Crippen LogP contribution in [0.4, 0.5) is 0 Å². The molecule has 0 heterocycles. The first-order chi connectivity index (χ1) is 34.8. The lowest BCUT2D eigenvalue weighted by Gasteiger charge is -2.24. The molecule has 0 aliphatic rings. The molecule has 0 saturated carbocycles. The van der Waals surface area contributed by atoms with Gasteiger partial charge in [0.2, 0.25) is 5.91 Å². The Morgan fingerprint density at radius 2 is 0.620 bits per heavy atom. The van der Waals surface area contributed by atoms with E-state index in [9.17, 15) is 19.5 Å². The van der Waals surface area contributed by atoms with E-state index in [0.29, 0.717) is 50.9 Å². The van der Waals surface area contributed by atoms with Gasteiger partial charge in [0.05, 0.1) is 19.8 Å². The fraction of sp³-hybridized carbons (Fsp3) is 0.952. The highest BCUT2D eigenvalue weighted by Gasteiger charge is 2.16. The summed E-state index contributed by atoms with van der Waals surface area (Å²) in [5, 5.41) is 9.66. The van der Waals surface area contributed by atoms with Crippen LogP contribution in [0.5, 0.6) is 0 Å². The van der Waals surface area contributed by atoms with Gasteiger partial charge in [-0.05, 0) is 102 Å². The number of hydrogen-bond donors (Lipinski definition) is 1. The van der Waals surface area contributed by atoms with Crippen LogP contribution in [0.3, 0.4) is 0 Å². The molecule has 0 rings (SSSR count). The van der Waals surface area contributed by atoms with Crippen LogP contribution in [-0.2, 0) is 23.9 Å². The molecule has 0 fully saturated rings. The predicted molar refractivity (Wildman–Crippen MR) is 305 cm³/mol. The molecule has 0 spiro atoms. The third kappa shape index (κ3) is 49.0. The van der Waals surface area contributed by atoms with E-state index in [2.05, 4.69) is 39.5 Å². The molecule has 0 aliphatic heterocycles. The fourth-order valence-corrected chi connectivity index (χ4v) is 10.3. The van der Waals surface area contributed by atoms with E-state index in [1.54, 1.807) is 0 Å². The van der Waals surface area contributed by atoms with E-state index >= 15 is 0 Å². The maximum Gasteiger partial charge on any atom is 0.305 e. The van der Waals surface area contributed by atoms with Crippen LogP contribution in [0, 0.1) is 11.8 Å². The number of amides is 1. The minimum absolute atomic E-state index is 0.00583. The molecule has 71 heavy (non-hydrogen) atoms. The lowest BCUT2D eigenvalue weighted by molar-refractivity contribution is -0.146. The van der Waals surface area contributed by atoms with Crippen molar-refractivity contribution < 1.29 is 29.0 Å². The van der Waals surface area contributed by atoms with E-state index in [0.717, 1.165) is 103 Å². The highest BCUT2D eigenvalue weighted by molar-refractivity contribution is 5.76. The maximum absolute atomic E-state index is 13.2. The van der Waals surface area contributed by atoms with Gasteiger partial charge in [0, 0.05) is 32.4 Å². The molecule has 8 nitrogen and oxygen atoms in total. The number of rotatable bonds is 58. The third-order valence-electron chi connectivity index (χ3n) is 15.2. The average molecular weight is 1010 g/mol. The monoisotopic (exact) mass is 1000 g/mol. The minimum atomic E-state index is -0.00583. The first-order valence-corrected chi connectivity index (χ1v) is 31.8. The molecule has 8 heteroatoms. The Hall–Kier alpha value is -1.67. The quantitative estimate of drug-likeness (QED) is 0.0479. The van der Waals surface area contributed by atoms with Gasteiger partial charge >= 0.3 is 11.9 Å². The third-order valence-corrected chi connectivity index (χ3v) is 15.2. The molecule has 0 radical (unpaired) electrons. The van der Waals surface area contributed by atoms with Crippen LogP contribution in [0.1, 0.15) is 324 Å². The average Bonchev–Trinajstić information content (AvgIpc) is 3.37. The van der Waals surface area contributed by atoms with Crippen molar-refractivity contribution in [3.05, 3.63) is 0 Å². The smallest absolute Gasteiger partial charge is 0.305 e. The summed E-state index contributed by atoms with van der Waals surface area (Å²) < 4.78 is 11.7. The second-order valence-electron chi connectivity index (χ2n) is 22.1. The molecule has 0 aromatic heterocycles. The molecule has 422 valence electrons. The van der Waals surface area contributed by atoms with Crippen molar-refractivity contribution in [2.45, 2.75) is 324 Å². The number of esters is 2. The number of ether oxygens (including phenoxy) is 2. The van der Waals surface area contributed by atoms with Crippen molar-refractivity contribution >= 4 is 17.8 Å². The van der Waals surface area contributed by atoms with E-state index in [4.69, 9.17) is 9.47 Å². The van der Waals surface area contributed by atoms with Crippen molar-refractivity contribution in [2.24, 2.45) is 11.8 Å². The topological polar surface area (TPSA) is 96.4 Å². The van der Waals surface area contributed by atoms with Gasteiger partial charge in [-0.3, -0.25) is 14.4 Å². The molecule has 2 atom stereocenters. The van der Waals surface area contributed by atoms with Crippen LogP contribution in [0.15, 0.2) is 0 Å². The zero-order valence-corrected chi connectivity index (χ0v) is 48.5. The summed E-state index contributed by atoms with van der Waals surface area (Å²) in [5.74, 6) is 1.22. The normalized spacial score (nSPS) is 12.4. The van der Waals surface area contributed by atoms with Crippen LogP contribution < -0.4 is 0 Å². The Labute approximate surface area is 442 Å². The van der Waals surface area contributed by atoms with Gasteiger partial charge in [0.1, 0.15) is 0 Å². The van der Waals surface area contributed by atoms with Crippen molar-refractivity contribution in [1.29, 1.82) is 0 Å². The van der Waals surface area contributed by atoms with Crippen molar-refractivity contribution in [3.8, 4) is 0 Å². The number of nitrogens with zero attached hydrogens (tertiary/aromatic N) is 2. The second kappa shape index (κ2) is 56.1. The van der Waals surface area contributed by atoms with Gasteiger partial charge in [-0.15, -0.1) is 0 Å². The molecule has 0 aliphatic carbocycles. The molecule has 1 N–H and O–H groups in total. The Balaban J connectivity index is 4.86. The highest BCUT2D eigenvalue weighted by atomic mass is 16.5. The SMILES string of the molecule is CCCCCCCCC(CCCCCC)COC(=O)CCCCCCCN(CCCCCCCC(=O)OCC(CCCCCC)CCCCCCCC)CCCCC(=O)N(CCO)CCCCCCCC. The standard InChI is InChI=1S/C63H124N2O6/c1-6-11-16-21-26-35-46-59(44-33-19-14-9-4)57-70-62(68)49-37-28-24-30-40-51-64(53-43-39-48-61(67)65(55-56-66)54-42-32-23-18-13-8-3)52-41-31-25-29-38-50-63(69)71-58-60(45-34-20-15-10-5)47-36-27-22-17-12-7-2/h59-60,66H,6-58H2,1-5H3. The maximum atomic E-state index is 13.2. The zero-order chi connectivity index (χ0) is 51.9. The van der Waals surface area contributed by atoms with Gasteiger partial charge in [-0.2, -0.15) is 0 Å². The Kier molecular flexibility index (Phi) is 54.7. The summed E-state index contributed by atoms with van der Waals surface area (Å²) in [5.41, 5.74) is 0. The van der Waals surface area contributed by atoms with Crippen LogP contribution >= 0.6 is 0 Å². The van der Waals surface area contributed by atoms with Crippen molar-refractivity contribution in [2.75, 3.05) is 52.5 Å². The Bertz CT molecular complexity index is 1060. The molecule has 0 aromatic rings. The van der Waals surface area contributed by atoms with Crippen molar-refractivity contribution in [3.63, 3.8) is 0 Å². The van der Waals surface area contributed by atoms with Gasteiger partial charge in [-0.25, -0.2) is 0 Å². The molecular formula is C63H124N2O6. The van der Waals surface area contributed by atoms with Gasteiger partial charge in [-0.1, -0.05) is 234 Å². The number of carbonyl (C=O) groups is 3. The fourth-order valence-electron chi connectivity index (χ4n) is 10.3. The number of aliphatic hydroxyl groups is 1. The largest absolute Gasteiger partial charge is 0.465 e. The zero-order valence-electron chi connectivity index (χ0n) is 48.5. The number of carbonyl (C=O) groups excluding carboxylic acids is 3. The first kappa shape index (κ1) is 69.3. The Morgan fingerprint density at radius 3 is 0.986 bits per heavy atom. The number of aliphatic hydroxyl groups excluding tert-OH is 1. The molecule has 0 aromatic carbocycles. The number of unbranched alkanes of at least 4 members (excludes halogenated alkanes) is 30. The molecule has 2 unspecified atom stereocenters. The lowest BCUT2D eigenvalue weighted by atomic mass is 9.95. The minimum Gasteiger partial charge on any atom is -0.465 e. The van der Waals surface area contributed by atoms with Gasteiger partial charge in [0.15, 0.2) is 0 Å². The summed E-state index contributed by atoms with van der Waals surface area (Å²) in [6.45, 7) is 16.9. The lowest BCUT2D eigenvalue weighted by Crippen LogP contribution is -2.34. The van der Waals surface area contributed by atoms with Crippen molar-refractivity contribution in [1.82, 2.24) is 9.80 Å². The predicted octanol–water partition coefficient (Wildman–Crippen LogP) is 18.1. The van der Waals surface area contributed by atoms with Gasteiger partial charge in [0.25, 0.3) is 0 Å². The van der Waals surface area contributed by atoms with E-state index in [1.165, 1.54) is 193 Å².